The monoisotopic (exact) mass is 474 g/mol. The van der Waals surface area contributed by atoms with E-state index in [4.69, 9.17) is 11.5 Å². The molecular weight excluding hydrogens is 450 g/mol. The molecule has 12 nitrogen and oxygen atoms in total. The molecular formula is C18H24N2Na2O10. The molecule has 14 heteroatoms. The fraction of sp³-hybridized carbons (Fsp3) is 0.444. The van der Waals surface area contributed by atoms with Crippen molar-refractivity contribution < 1.29 is 108 Å². The standard InChI is InChI=1S/2C9H13NO5.2Na/c2*1-5(2)8(13)15-9(14)6(10)3-4-7(11)12;;/h2*6H,1,3-4,10H2,2H3,(H,11,12);;/q;;2*+1/p-2/t2*6-;;/m00../s1. The van der Waals surface area contributed by atoms with Crippen LogP contribution in [0.2, 0.25) is 0 Å². The topological polar surface area (TPSA) is 219 Å². The molecule has 0 aromatic carbocycles. The predicted octanol–water partition coefficient (Wildman–Crippen LogP) is -9.01. The van der Waals surface area contributed by atoms with Crippen molar-refractivity contribution in [3.63, 3.8) is 0 Å². The third-order valence-electron chi connectivity index (χ3n) is 3.01. The normalized spacial score (nSPS) is 10.9. The molecule has 168 valence electrons. The minimum Gasteiger partial charge on any atom is -0.550 e. The van der Waals surface area contributed by atoms with Crippen LogP contribution >= 0.6 is 0 Å². The summed E-state index contributed by atoms with van der Waals surface area (Å²) in [6, 6.07) is -2.29. The third-order valence-corrected chi connectivity index (χ3v) is 3.01. The first-order valence-electron chi connectivity index (χ1n) is 8.42. The largest absolute Gasteiger partial charge is 1.00 e. The van der Waals surface area contributed by atoms with Gasteiger partial charge in [-0.25, -0.2) is 19.2 Å². The minimum absolute atomic E-state index is 0. The van der Waals surface area contributed by atoms with Crippen LogP contribution in [0.3, 0.4) is 0 Å². The molecule has 0 heterocycles. The van der Waals surface area contributed by atoms with E-state index in [1.54, 1.807) is 0 Å². The Kier molecular flexibility index (Phi) is 24.0. The first kappa shape index (κ1) is 37.9. The predicted molar refractivity (Wildman–Crippen MR) is 96.3 cm³/mol. The fourth-order valence-electron chi connectivity index (χ4n) is 1.29. The van der Waals surface area contributed by atoms with Crippen molar-refractivity contribution in [2.75, 3.05) is 0 Å². The van der Waals surface area contributed by atoms with Crippen LogP contribution in [0.1, 0.15) is 39.5 Å². The Morgan fingerprint density at radius 3 is 1.16 bits per heavy atom. The van der Waals surface area contributed by atoms with E-state index >= 15 is 0 Å². The fourth-order valence-corrected chi connectivity index (χ4v) is 1.29. The summed E-state index contributed by atoms with van der Waals surface area (Å²) in [7, 11) is 0. The van der Waals surface area contributed by atoms with E-state index in [0.29, 0.717) is 0 Å². The number of esters is 4. The van der Waals surface area contributed by atoms with Crippen molar-refractivity contribution >= 4 is 35.8 Å². The van der Waals surface area contributed by atoms with Gasteiger partial charge in [0, 0.05) is 23.1 Å². The number of carbonyl (C=O) groups is 6. The number of carboxylic acid groups (broad SMARTS) is 2. The van der Waals surface area contributed by atoms with E-state index in [2.05, 4.69) is 22.6 Å². The van der Waals surface area contributed by atoms with Crippen molar-refractivity contribution in [3.05, 3.63) is 24.3 Å². The van der Waals surface area contributed by atoms with Crippen LogP contribution in [-0.2, 0) is 38.2 Å². The van der Waals surface area contributed by atoms with Crippen LogP contribution in [0.25, 0.3) is 0 Å². The van der Waals surface area contributed by atoms with Gasteiger partial charge in [0.05, 0.1) is 0 Å². The van der Waals surface area contributed by atoms with Crippen LogP contribution in [0, 0.1) is 0 Å². The number of carboxylic acids is 2. The number of ether oxygens (including phenoxy) is 2. The second-order valence-corrected chi connectivity index (χ2v) is 6.01. The minimum atomic E-state index is -1.32. The molecule has 0 saturated carbocycles. The Hall–Kier alpha value is -1.38. The van der Waals surface area contributed by atoms with Gasteiger partial charge in [0.25, 0.3) is 0 Å². The molecule has 32 heavy (non-hydrogen) atoms. The van der Waals surface area contributed by atoms with Gasteiger partial charge in [0.1, 0.15) is 12.1 Å². The van der Waals surface area contributed by atoms with Gasteiger partial charge in [-0.05, 0) is 39.5 Å². The van der Waals surface area contributed by atoms with Crippen LogP contribution in [0.5, 0.6) is 0 Å². The molecule has 0 aromatic rings. The van der Waals surface area contributed by atoms with Gasteiger partial charge in [-0.2, -0.15) is 0 Å². The van der Waals surface area contributed by atoms with Crippen molar-refractivity contribution in [2.45, 2.75) is 51.6 Å². The van der Waals surface area contributed by atoms with Crippen LogP contribution in [0.15, 0.2) is 24.3 Å². The summed E-state index contributed by atoms with van der Waals surface area (Å²) in [6.45, 7) is 9.29. The number of hydrogen-bond donors (Lipinski definition) is 2. The summed E-state index contributed by atoms with van der Waals surface area (Å²) >= 11 is 0. The SMILES string of the molecule is C=C(C)C(=O)OC(=O)[C@@H](N)CCC(=O)[O-].C=C(C)C(=O)OC(=O)[C@@H](N)CCC(=O)[O-].[Na+].[Na+]. The van der Waals surface area contributed by atoms with Crippen LogP contribution < -0.4 is 80.8 Å². The molecule has 0 aliphatic heterocycles. The van der Waals surface area contributed by atoms with Crippen LogP contribution in [0.4, 0.5) is 0 Å². The maximum atomic E-state index is 11.0. The van der Waals surface area contributed by atoms with Gasteiger partial charge in [-0.1, -0.05) is 13.2 Å². The Morgan fingerprint density at radius 2 is 0.969 bits per heavy atom. The van der Waals surface area contributed by atoms with Gasteiger partial charge < -0.3 is 40.7 Å². The summed E-state index contributed by atoms with van der Waals surface area (Å²) in [5.74, 6) is -6.31. The maximum Gasteiger partial charge on any atom is 1.00 e. The molecule has 0 radical (unpaired) electrons. The summed E-state index contributed by atoms with van der Waals surface area (Å²) < 4.78 is 8.58. The third kappa shape index (κ3) is 20.5. The second-order valence-electron chi connectivity index (χ2n) is 6.01. The molecule has 2 atom stereocenters. The number of carbonyl (C=O) groups excluding carboxylic acids is 6. The zero-order valence-corrected chi connectivity index (χ0v) is 22.6. The molecule has 0 rings (SSSR count). The molecule has 0 saturated heterocycles. The number of nitrogens with two attached hydrogens (primary N) is 2. The molecule has 0 spiro atoms. The molecule has 0 amide bonds. The van der Waals surface area contributed by atoms with E-state index in [1.807, 2.05) is 0 Å². The van der Waals surface area contributed by atoms with Gasteiger partial charge >= 0.3 is 83.0 Å². The van der Waals surface area contributed by atoms with E-state index in [1.165, 1.54) is 13.8 Å². The van der Waals surface area contributed by atoms with Crippen molar-refractivity contribution in [1.82, 2.24) is 0 Å². The first-order valence-corrected chi connectivity index (χ1v) is 8.42. The van der Waals surface area contributed by atoms with E-state index < -0.39 is 47.9 Å². The smallest absolute Gasteiger partial charge is 0.550 e. The Morgan fingerprint density at radius 1 is 0.719 bits per heavy atom. The van der Waals surface area contributed by atoms with Gasteiger partial charge in [-0.15, -0.1) is 0 Å². The Balaban J connectivity index is -0.000000231. The molecule has 0 fully saturated rings. The maximum absolute atomic E-state index is 11.0. The second kappa shape index (κ2) is 20.2. The molecule has 0 aliphatic rings. The first-order chi connectivity index (χ1) is 13.7. The van der Waals surface area contributed by atoms with E-state index in [9.17, 15) is 39.0 Å². The Labute approximate surface area is 229 Å². The molecule has 0 bridgehead atoms. The van der Waals surface area contributed by atoms with E-state index in [0.717, 1.165) is 0 Å². The Bertz CT molecular complexity index is 665. The molecule has 0 aromatic heterocycles. The van der Waals surface area contributed by atoms with Gasteiger partial charge in [-0.3, -0.25) is 0 Å². The molecule has 0 aliphatic carbocycles. The number of rotatable bonds is 10. The van der Waals surface area contributed by atoms with Crippen molar-refractivity contribution in [1.29, 1.82) is 0 Å². The summed E-state index contributed by atoms with van der Waals surface area (Å²) in [4.78, 5) is 63.9. The van der Waals surface area contributed by atoms with Crippen molar-refractivity contribution in [3.8, 4) is 0 Å². The van der Waals surface area contributed by atoms with Crippen LogP contribution in [-0.4, -0.2) is 47.9 Å². The van der Waals surface area contributed by atoms with Gasteiger partial charge in [0.2, 0.25) is 0 Å². The zero-order chi connectivity index (χ0) is 24.0. The molecule has 0 unspecified atom stereocenters. The molecule has 4 N–H and O–H groups in total. The number of hydrogen-bond acceptors (Lipinski definition) is 12. The van der Waals surface area contributed by atoms with Crippen molar-refractivity contribution in [2.24, 2.45) is 11.5 Å². The summed E-state index contributed by atoms with van der Waals surface area (Å²) in [5, 5.41) is 20.1. The average Bonchev–Trinajstić information content (AvgIpc) is 2.63. The van der Waals surface area contributed by atoms with Gasteiger partial charge in [0.15, 0.2) is 0 Å². The summed E-state index contributed by atoms with van der Waals surface area (Å²) in [5.41, 5.74) is 10.7. The number of aliphatic carboxylic acids is 2. The summed E-state index contributed by atoms with van der Waals surface area (Å²) in [6.07, 6.45) is -0.996. The quantitative estimate of drug-likeness (QED) is 0.130. The average molecular weight is 474 g/mol. The van der Waals surface area contributed by atoms with E-state index in [-0.39, 0.29) is 95.9 Å². The zero-order valence-electron chi connectivity index (χ0n) is 18.6.